The number of hydrogen-bond donors (Lipinski definition) is 0. The van der Waals surface area contributed by atoms with Gasteiger partial charge in [0.25, 0.3) is 0 Å². The summed E-state index contributed by atoms with van der Waals surface area (Å²) in [6.07, 6.45) is 0. The molecule has 0 saturated carbocycles. The zero-order valence-corrected chi connectivity index (χ0v) is 13.1. The van der Waals surface area contributed by atoms with Crippen LogP contribution in [0.3, 0.4) is 0 Å². The van der Waals surface area contributed by atoms with E-state index in [4.69, 9.17) is 0 Å². The van der Waals surface area contributed by atoms with E-state index in [2.05, 4.69) is 10.2 Å². The van der Waals surface area contributed by atoms with Crippen molar-refractivity contribution in [1.29, 1.82) is 0 Å². The van der Waals surface area contributed by atoms with Gasteiger partial charge in [0.15, 0.2) is 5.69 Å². The molecule has 0 amide bonds. The van der Waals surface area contributed by atoms with Crippen LogP contribution in [0.4, 0.5) is 28.4 Å². The lowest BCUT2D eigenvalue weighted by atomic mass is 10.1. The predicted molar refractivity (Wildman–Crippen MR) is 86.5 cm³/mol. The van der Waals surface area contributed by atoms with Gasteiger partial charge >= 0.3 is 17.1 Å². The van der Waals surface area contributed by atoms with Crippen molar-refractivity contribution in [3.05, 3.63) is 71.8 Å². The summed E-state index contributed by atoms with van der Waals surface area (Å²) < 4.78 is 0. The third-order valence-electron chi connectivity index (χ3n) is 3.35. The lowest BCUT2D eigenvalue weighted by molar-refractivity contribution is -0.440. The second-order valence-electron chi connectivity index (χ2n) is 5.02. The monoisotopic (exact) mass is 345 g/mol. The van der Waals surface area contributed by atoms with Gasteiger partial charge in [-0.15, -0.1) is 5.11 Å². The molecule has 0 aliphatic rings. The predicted octanol–water partition coefficient (Wildman–Crippen LogP) is 4.44. The van der Waals surface area contributed by atoms with Gasteiger partial charge in [-0.05, 0) is 31.0 Å². The van der Waals surface area contributed by atoms with E-state index in [9.17, 15) is 30.3 Å². The van der Waals surface area contributed by atoms with Crippen LogP contribution in [0.5, 0.6) is 0 Å². The van der Waals surface area contributed by atoms with Gasteiger partial charge in [0.1, 0.15) is 0 Å². The highest BCUT2D eigenvalue weighted by Crippen LogP contribution is 2.45. The molecule has 0 aliphatic heterocycles. The number of azo groups is 1. The topological polar surface area (TPSA) is 154 Å². The van der Waals surface area contributed by atoms with Crippen LogP contribution in [0.1, 0.15) is 11.1 Å². The van der Waals surface area contributed by atoms with E-state index in [0.29, 0.717) is 5.69 Å². The summed E-state index contributed by atoms with van der Waals surface area (Å²) in [5.41, 5.74) is -2.47. The molecule has 11 heteroatoms. The van der Waals surface area contributed by atoms with E-state index in [1.54, 1.807) is 31.2 Å². The normalized spacial score (nSPS) is 10.8. The largest absolute Gasteiger partial charge is 0.424 e. The Hall–Kier alpha value is -3.76. The first-order valence-electron chi connectivity index (χ1n) is 6.82. The minimum absolute atomic E-state index is 0.0290. The molecule has 2 aromatic rings. The lowest BCUT2D eigenvalue weighted by Crippen LogP contribution is -2.03. The minimum atomic E-state index is -1.22. The number of nitro benzene ring substituents is 3. The van der Waals surface area contributed by atoms with Crippen molar-refractivity contribution in [2.75, 3.05) is 0 Å². The SMILES string of the molecule is Cc1ccccc1N=Nc1c(C)cc([N+](=O)[O-])c([N+](=O)[O-])c1[N+](=O)[O-]. The summed E-state index contributed by atoms with van der Waals surface area (Å²) in [5.74, 6) is 0. The first-order chi connectivity index (χ1) is 11.7. The number of rotatable bonds is 5. The molecule has 0 radical (unpaired) electrons. The van der Waals surface area contributed by atoms with E-state index in [-0.39, 0.29) is 5.56 Å². The number of nitro groups is 3. The molecule has 128 valence electrons. The highest BCUT2D eigenvalue weighted by Gasteiger charge is 2.40. The number of nitrogens with zero attached hydrogens (tertiary/aromatic N) is 5. The quantitative estimate of drug-likeness (QED) is 0.443. The molecule has 2 aromatic carbocycles. The van der Waals surface area contributed by atoms with Gasteiger partial charge in [-0.1, -0.05) is 18.2 Å². The average Bonchev–Trinajstić information content (AvgIpc) is 2.53. The fourth-order valence-electron chi connectivity index (χ4n) is 2.16. The van der Waals surface area contributed by atoms with Gasteiger partial charge in [-0.3, -0.25) is 30.3 Å². The fourth-order valence-corrected chi connectivity index (χ4v) is 2.16. The molecule has 0 bridgehead atoms. The number of hydrogen-bond acceptors (Lipinski definition) is 8. The van der Waals surface area contributed by atoms with Gasteiger partial charge in [0.05, 0.1) is 20.5 Å². The third kappa shape index (κ3) is 3.44. The van der Waals surface area contributed by atoms with Gasteiger partial charge in [-0.25, -0.2) is 0 Å². The fraction of sp³-hybridized carbons (Fsp3) is 0.143. The summed E-state index contributed by atoms with van der Waals surface area (Å²) in [6.45, 7) is 3.07. The molecule has 0 atom stereocenters. The third-order valence-corrected chi connectivity index (χ3v) is 3.35. The summed E-state index contributed by atoms with van der Waals surface area (Å²) in [6, 6.07) is 7.67. The number of benzene rings is 2. The molecule has 0 unspecified atom stereocenters. The highest BCUT2D eigenvalue weighted by molar-refractivity contribution is 5.79. The minimum Gasteiger partial charge on any atom is -0.258 e. The smallest absolute Gasteiger partial charge is 0.258 e. The molecule has 0 N–H and O–H groups in total. The van der Waals surface area contributed by atoms with Crippen molar-refractivity contribution in [2.45, 2.75) is 13.8 Å². The zero-order valence-electron chi connectivity index (χ0n) is 13.1. The Labute approximate surface area is 140 Å². The van der Waals surface area contributed by atoms with E-state index < -0.39 is 37.5 Å². The Balaban J connectivity index is 2.76. The molecule has 0 heterocycles. The van der Waals surface area contributed by atoms with Crippen molar-refractivity contribution in [1.82, 2.24) is 0 Å². The van der Waals surface area contributed by atoms with Crippen LogP contribution in [0, 0.1) is 44.2 Å². The van der Waals surface area contributed by atoms with E-state index in [1.165, 1.54) is 6.92 Å². The first-order valence-corrected chi connectivity index (χ1v) is 6.82. The van der Waals surface area contributed by atoms with Crippen LogP contribution in [0.2, 0.25) is 0 Å². The molecular formula is C14H11N5O6. The maximum Gasteiger partial charge on any atom is 0.424 e. The summed E-state index contributed by atoms with van der Waals surface area (Å²) in [7, 11) is 0. The van der Waals surface area contributed by atoms with Crippen molar-refractivity contribution < 1.29 is 14.8 Å². The van der Waals surface area contributed by atoms with E-state index in [1.807, 2.05) is 0 Å². The second kappa shape index (κ2) is 6.78. The molecule has 11 nitrogen and oxygen atoms in total. The molecule has 2 rings (SSSR count). The van der Waals surface area contributed by atoms with Crippen molar-refractivity contribution in [2.24, 2.45) is 10.2 Å². The lowest BCUT2D eigenvalue weighted by Gasteiger charge is -2.03. The van der Waals surface area contributed by atoms with Gasteiger partial charge in [0, 0.05) is 6.07 Å². The van der Waals surface area contributed by atoms with Crippen LogP contribution < -0.4 is 0 Å². The molecule has 0 aromatic heterocycles. The summed E-state index contributed by atoms with van der Waals surface area (Å²) in [5, 5.41) is 41.2. The van der Waals surface area contributed by atoms with Gasteiger partial charge in [-0.2, -0.15) is 5.11 Å². The van der Waals surface area contributed by atoms with Crippen LogP contribution in [0.15, 0.2) is 40.6 Å². The second-order valence-corrected chi connectivity index (χ2v) is 5.02. The van der Waals surface area contributed by atoms with Crippen LogP contribution in [0.25, 0.3) is 0 Å². The Morgan fingerprint density at radius 2 is 1.40 bits per heavy atom. The van der Waals surface area contributed by atoms with Crippen LogP contribution in [-0.4, -0.2) is 14.8 Å². The Morgan fingerprint density at radius 1 is 0.800 bits per heavy atom. The number of aryl methyl sites for hydroxylation is 2. The van der Waals surface area contributed by atoms with Crippen molar-refractivity contribution >= 4 is 28.4 Å². The molecular weight excluding hydrogens is 334 g/mol. The van der Waals surface area contributed by atoms with E-state index >= 15 is 0 Å². The van der Waals surface area contributed by atoms with Crippen LogP contribution in [-0.2, 0) is 0 Å². The Morgan fingerprint density at radius 3 is 1.92 bits per heavy atom. The van der Waals surface area contributed by atoms with Gasteiger partial charge < -0.3 is 0 Å². The standard InChI is InChI=1S/C14H11N5O6/c1-8-5-3-4-6-10(8)15-16-12-9(2)7-11(17(20)21)13(18(22)23)14(12)19(24)25/h3-7H,1-2H3. The molecule has 0 spiro atoms. The van der Waals surface area contributed by atoms with Crippen molar-refractivity contribution in [3.63, 3.8) is 0 Å². The maximum absolute atomic E-state index is 11.3. The Kier molecular flexibility index (Phi) is 4.77. The molecule has 0 fully saturated rings. The molecule has 0 saturated heterocycles. The average molecular weight is 345 g/mol. The van der Waals surface area contributed by atoms with Crippen molar-refractivity contribution in [3.8, 4) is 0 Å². The van der Waals surface area contributed by atoms with Gasteiger partial charge in [0.2, 0.25) is 0 Å². The molecule has 25 heavy (non-hydrogen) atoms. The Bertz CT molecular complexity index is 924. The first kappa shape index (κ1) is 17.6. The van der Waals surface area contributed by atoms with E-state index in [0.717, 1.165) is 11.6 Å². The maximum atomic E-state index is 11.3. The summed E-state index contributed by atoms with van der Waals surface area (Å²) >= 11 is 0. The summed E-state index contributed by atoms with van der Waals surface area (Å²) in [4.78, 5) is 30.2. The highest BCUT2D eigenvalue weighted by atomic mass is 16.6. The van der Waals surface area contributed by atoms with Crippen LogP contribution >= 0.6 is 0 Å². The zero-order chi connectivity index (χ0) is 18.7. The molecule has 0 aliphatic carbocycles.